The molecule has 77 heavy (non-hydrogen) atoms. The number of carbonyl (C=O) groups excluding carboxylic acids is 2. The van der Waals surface area contributed by atoms with Gasteiger partial charge in [0.15, 0.2) is 12.4 Å². The van der Waals surface area contributed by atoms with Crippen molar-refractivity contribution in [3.05, 3.63) is 122 Å². The number of allylic oxidation sites excluding steroid dienone is 19. The van der Waals surface area contributed by atoms with Gasteiger partial charge in [-0.25, -0.2) is 0 Å². The second-order valence-electron chi connectivity index (χ2n) is 20.3. The summed E-state index contributed by atoms with van der Waals surface area (Å²) in [6.07, 6.45) is 62.4. The predicted molar refractivity (Wildman–Crippen MR) is 319 cm³/mol. The molecule has 1 aliphatic rings. The average Bonchev–Trinajstić information content (AvgIpc) is 3.43. The maximum absolute atomic E-state index is 13.4. The second kappa shape index (κ2) is 52.7. The molecule has 0 aromatic rings. The first-order chi connectivity index (χ1) is 37.7. The number of hydrogen-bond donors (Lipinski definition) is 6. The van der Waals surface area contributed by atoms with E-state index in [1.165, 1.54) is 70.6 Å². The van der Waals surface area contributed by atoms with Crippen LogP contribution in [0.5, 0.6) is 0 Å². The van der Waals surface area contributed by atoms with Crippen molar-refractivity contribution >= 4 is 11.9 Å². The largest absolute Gasteiger partial charge is 0.454 e. The van der Waals surface area contributed by atoms with Gasteiger partial charge in [0, 0.05) is 6.42 Å². The highest BCUT2D eigenvalue weighted by atomic mass is 16.7. The van der Waals surface area contributed by atoms with Crippen LogP contribution in [0.1, 0.15) is 220 Å². The minimum absolute atomic E-state index is 0.0343. The fourth-order valence-corrected chi connectivity index (χ4v) is 8.55. The molecule has 0 saturated carbocycles. The number of hydrogen-bond acceptors (Lipinski definition) is 10. The Morgan fingerprint density at radius 2 is 0.935 bits per heavy atom. The first-order valence-electron chi connectivity index (χ1n) is 30.3. The molecule has 1 fully saturated rings. The standard InChI is InChI=1S/C66H109NO10/c1-4-7-10-13-16-19-22-25-27-29-31-32-35-38-41-44-47-50-53-59(70)65(74)67-57(58(69)52-49-46-43-40-37-34-24-21-18-15-12-9-6-3)56-75-66-64(63(73)62(72)60(55-68)76-66)77-61(71)54-51-48-45-42-39-36-33-30-28-26-23-20-17-14-11-8-5-2/h8,11,16-17,19-20,25-28,31-33,36,38,41-42,45,49,52,57-60,62-64,66,68-70,72-73H,4-7,9-10,12-15,18,21-24,29-30,34-35,37,39-40,43-44,46-48,50-51,53-56H2,1-3H3,(H,67,74)/b11-8-,19-16-,20-17-,27-25-,28-26-,32-31-,36-33-,41-38-,45-42-,52-49+. The molecule has 8 unspecified atom stereocenters. The molecule has 1 saturated heterocycles. The van der Waals surface area contributed by atoms with Crippen LogP contribution in [0.15, 0.2) is 122 Å². The van der Waals surface area contributed by atoms with E-state index in [0.717, 1.165) is 96.3 Å². The van der Waals surface area contributed by atoms with E-state index in [1.54, 1.807) is 6.08 Å². The van der Waals surface area contributed by atoms with Crippen molar-refractivity contribution in [2.24, 2.45) is 0 Å². The van der Waals surface area contributed by atoms with Crippen LogP contribution in [0, 0.1) is 0 Å². The van der Waals surface area contributed by atoms with Crippen LogP contribution < -0.4 is 5.32 Å². The van der Waals surface area contributed by atoms with Crippen molar-refractivity contribution in [2.75, 3.05) is 13.2 Å². The molecule has 0 spiro atoms. The highest BCUT2D eigenvalue weighted by Crippen LogP contribution is 2.26. The van der Waals surface area contributed by atoms with E-state index in [1.807, 2.05) is 18.2 Å². The Morgan fingerprint density at radius 1 is 0.519 bits per heavy atom. The molecule has 11 heteroatoms. The molecular formula is C66H109NO10. The van der Waals surface area contributed by atoms with Gasteiger partial charge >= 0.3 is 5.97 Å². The third-order valence-corrected chi connectivity index (χ3v) is 13.3. The zero-order valence-electron chi connectivity index (χ0n) is 48.3. The number of unbranched alkanes of at least 4 members (excludes halogenated alkanes) is 17. The predicted octanol–water partition coefficient (Wildman–Crippen LogP) is 14.3. The molecule has 6 N–H and O–H groups in total. The highest BCUT2D eigenvalue weighted by molar-refractivity contribution is 5.80. The zero-order valence-corrected chi connectivity index (χ0v) is 48.3. The molecule has 0 bridgehead atoms. The van der Waals surface area contributed by atoms with E-state index in [0.29, 0.717) is 19.3 Å². The van der Waals surface area contributed by atoms with Gasteiger partial charge in [0.1, 0.15) is 24.4 Å². The summed E-state index contributed by atoms with van der Waals surface area (Å²) in [4.78, 5) is 26.5. The number of aliphatic hydroxyl groups excluding tert-OH is 5. The third-order valence-electron chi connectivity index (χ3n) is 13.3. The minimum atomic E-state index is -1.65. The van der Waals surface area contributed by atoms with Gasteiger partial charge in [-0.2, -0.15) is 0 Å². The number of carbonyl (C=O) groups is 2. The van der Waals surface area contributed by atoms with Crippen molar-refractivity contribution < 1.29 is 49.3 Å². The first kappa shape index (κ1) is 71.1. The molecule has 438 valence electrons. The SMILES string of the molecule is CC/C=C\C/C=C\C/C=C\C/C=C\C/C=C\CCCC(=O)OC1C(OCC(NC(=O)C(O)CCCC/C=C\C/C=C\C/C=C\C/C=C\CCCCC)C(O)/C=C/CCCCCCCCCCCCC)OC(CO)C(O)C1O. The molecule has 8 atom stereocenters. The molecular weight excluding hydrogens is 967 g/mol. The summed E-state index contributed by atoms with van der Waals surface area (Å²) in [5.41, 5.74) is 0. The molecule has 1 aliphatic heterocycles. The fourth-order valence-electron chi connectivity index (χ4n) is 8.55. The van der Waals surface area contributed by atoms with E-state index >= 15 is 0 Å². The molecule has 1 amide bonds. The summed E-state index contributed by atoms with van der Waals surface area (Å²) in [6.45, 7) is 5.58. The quantitative estimate of drug-likeness (QED) is 0.0195. The van der Waals surface area contributed by atoms with E-state index in [4.69, 9.17) is 14.2 Å². The van der Waals surface area contributed by atoms with Crippen molar-refractivity contribution in [1.29, 1.82) is 0 Å². The summed E-state index contributed by atoms with van der Waals surface area (Å²) in [7, 11) is 0. The third kappa shape index (κ3) is 40.8. The van der Waals surface area contributed by atoms with Crippen LogP contribution >= 0.6 is 0 Å². The summed E-state index contributed by atoms with van der Waals surface area (Å²) in [5.74, 6) is -1.30. The monoisotopic (exact) mass is 1080 g/mol. The van der Waals surface area contributed by atoms with Crippen LogP contribution in [-0.2, 0) is 23.8 Å². The van der Waals surface area contributed by atoms with Gasteiger partial charge in [-0.1, -0.05) is 226 Å². The van der Waals surface area contributed by atoms with Gasteiger partial charge in [-0.3, -0.25) is 9.59 Å². The molecule has 1 rings (SSSR count). The number of nitrogens with one attached hydrogen (secondary N) is 1. The number of ether oxygens (including phenoxy) is 3. The van der Waals surface area contributed by atoms with Crippen LogP contribution in [0.25, 0.3) is 0 Å². The minimum Gasteiger partial charge on any atom is -0.454 e. The summed E-state index contributed by atoms with van der Waals surface area (Å²) in [6, 6.07) is -1.06. The summed E-state index contributed by atoms with van der Waals surface area (Å²) < 4.78 is 17.5. The topological polar surface area (TPSA) is 175 Å². The molecule has 0 aliphatic carbocycles. The Balaban J connectivity index is 2.79. The molecule has 0 aromatic carbocycles. The van der Waals surface area contributed by atoms with Crippen LogP contribution in [0.4, 0.5) is 0 Å². The van der Waals surface area contributed by atoms with Gasteiger partial charge in [0.25, 0.3) is 0 Å². The Bertz CT molecular complexity index is 1710. The van der Waals surface area contributed by atoms with Crippen LogP contribution in [0.3, 0.4) is 0 Å². The lowest BCUT2D eigenvalue weighted by atomic mass is 9.99. The lowest BCUT2D eigenvalue weighted by molar-refractivity contribution is -0.305. The van der Waals surface area contributed by atoms with Crippen molar-refractivity contribution in [3.8, 4) is 0 Å². The fraction of sp³-hybridized carbons (Fsp3) is 0.667. The Morgan fingerprint density at radius 3 is 1.43 bits per heavy atom. The second-order valence-corrected chi connectivity index (χ2v) is 20.3. The highest BCUT2D eigenvalue weighted by Gasteiger charge is 2.47. The molecule has 0 aromatic heterocycles. The smallest absolute Gasteiger partial charge is 0.306 e. The van der Waals surface area contributed by atoms with Crippen LogP contribution in [-0.4, -0.2) is 99.6 Å². The number of rotatable bonds is 49. The summed E-state index contributed by atoms with van der Waals surface area (Å²) >= 11 is 0. The Kier molecular flexibility index (Phi) is 48.7. The van der Waals surface area contributed by atoms with E-state index in [9.17, 15) is 35.1 Å². The van der Waals surface area contributed by atoms with Gasteiger partial charge in [0.2, 0.25) is 5.91 Å². The molecule has 11 nitrogen and oxygen atoms in total. The summed E-state index contributed by atoms with van der Waals surface area (Å²) in [5, 5.41) is 56.9. The van der Waals surface area contributed by atoms with Gasteiger partial charge < -0.3 is 45.1 Å². The number of aliphatic hydroxyl groups is 5. The van der Waals surface area contributed by atoms with Gasteiger partial charge in [0.05, 0.1) is 25.4 Å². The average molecular weight is 1080 g/mol. The maximum Gasteiger partial charge on any atom is 0.306 e. The maximum atomic E-state index is 13.4. The van der Waals surface area contributed by atoms with Crippen molar-refractivity contribution in [1.82, 2.24) is 5.32 Å². The zero-order chi connectivity index (χ0) is 56.1. The molecule has 0 radical (unpaired) electrons. The van der Waals surface area contributed by atoms with E-state index in [-0.39, 0.29) is 19.4 Å². The lowest BCUT2D eigenvalue weighted by Gasteiger charge is -2.41. The van der Waals surface area contributed by atoms with Gasteiger partial charge in [-0.15, -0.1) is 0 Å². The molecule has 1 heterocycles. The first-order valence-corrected chi connectivity index (χ1v) is 30.3. The van der Waals surface area contributed by atoms with Crippen LogP contribution in [0.2, 0.25) is 0 Å². The van der Waals surface area contributed by atoms with Crippen molar-refractivity contribution in [3.63, 3.8) is 0 Å². The number of amides is 1. The normalized spacial score (nSPS) is 19.9. The van der Waals surface area contributed by atoms with Crippen molar-refractivity contribution in [2.45, 2.75) is 269 Å². The Labute approximate surface area is 468 Å². The lowest BCUT2D eigenvalue weighted by Crippen LogP contribution is -2.61. The van der Waals surface area contributed by atoms with Gasteiger partial charge in [-0.05, 0) is 109 Å². The van der Waals surface area contributed by atoms with E-state index in [2.05, 4.69) is 123 Å². The Hall–Kier alpha value is -3.94. The number of esters is 1. The van der Waals surface area contributed by atoms with E-state index < -0.39 is 67.4 Å².